The first-order chi connectivity index (χ1) is 28.7. The second-order valence-corrected chi connectivity index (χ2v) is 16.3. The van der Waals surface area contributed by atoms with E-state index in [2.05, 4.69) is 194 Å². The fraction of sp³-hybridized carbons (Fsp3) is 0.0175. The van der Waals surface area contributed by atoms with E-state index < -0.39 is 5.41 Å². The van der Waals surface area contributed by atoms with Crippen LogP contribution < -0.4 is 0 Å². The van der Waals surface area contributed by atoms with Gasteiger partial charge in [-0.1, -0.05) is 152 Å². The van der Waals surface area contributed by atoms with Gasteiger partial charge in [0.25, 0.3) is 0 Å². The SMILES string of the molecule is c1ccc2c(c1)-c1ccccc1C21c2cc(-c3cc4ccc5cccc6ccc(c3)c4c56)cc(-c3ccc4c(c3)oc3ccccc34)c2-c2ccc3ccccc3c21. The fourth-order valence-electron chi connectivity index (χ4n) is 11.2. The summed E-state index contributed by atoms with van der Waals surface area (Å²) in [5.41, 5.74) is 16.7. The minimum absolute atomic E-state index is 0.525. The van der Waals surface area contributed by atoms with Gasteiger partial charge in [-0.05, 0) is 152 Å². The Morgan fingerprint density at radius 1 is 0.310 bits per heavy atom. The van der Waals surface area contributed by atoms with Gasteiger partial charge in [-0.2, -0.15) is 0 Å². The zero-order valence-corrected chi connectivity index (χ0v) is 31.4. The van der Waals surface area contributed by atoms with Gasteiger partial charge in [-0.3, -0.25) is 0 Å². The van der Waals surface area contributed by atoms with Crippen LogP contribution in [0.2, 0.25) is 0 Å². The van der Waals surface area contributed by atoms with Gasteiger partial charge in [-0.15, -0.1) is 0 Å². The van der Waals surface area contributed by atoms with Crippen LogP contribution in [0.3, 0.4) is 0 Å². The van der Waals surface area contributed by atoms with Crippen molar-refractivity contribution in [1.29, 1.82) is 0 Å². The Hall–Kier alpha value is -7.48. The normalized spacial score (nSPS) is 13.7. The van der Waals surface area contributed by atoms with Crippen LogP contribution in [0, 0.1) is 0 Å². The van der Waals surface area contributed by atoms with E-state index in [1.807, 2.05) is 0 Å². The van der Waals surface area contributed by atoms with Gasteiger partial charge in [0.2, 0.25) is 0 Å². The second kappa shape index (κ2) is 10.9. The fourth-order valence-corrected chi connectivity index (χ4v) is 11.2. The summed E-state index contributed by atoms with van der Waals surface area (Å²) < 4.78 is 6.57. The molecule has 1 spiro atoms. The zero-order chi connectivity index (χ0) is 37.7. The molecule has 1 aromatic heterocycles. The number of hydrogen-bond donors (Lipinski definition) is 0. The minimum Gasteiger partial charge on any atom is -0.456 e. The van der Waals surface area contributed by atoms with E-state index in [4.69, 9.17) is 4.42 Å². The molecular formula is C57H32O. The summed E-state index contributed by atoms with van der Waals surface area (Å²) in [5, 5.41) is 12.6. The lowest BCUT2D eigenvalue weighted by atomic mass is 9.69. The van der Waals surface area contributed by atoms with Crippen LogP contribution in [-0.2, 0) is 5.41 Å². The predicted molar refractivity (Wildman–Crippen MR) is 242 cm³/mol. The maximum atomic E-state index is 6.57. The average Bonchev–Trinajstić information content (AvgIpc) is 3.91. The van der Waals surface area contributed by atoms with Crippen LogP contribution in [-0.4, -0.2) is 0 Å². The molecule has 58 heavy (non-hydrogen) atoms. The van der Waals surface area contributed by atoms with Crippen LogP contribution in [0.15, 0.2) is 199 Å². The highest BCUT2D eigenvalue weighted by molar-refractivity contribution is 6.24. The molecule has 14 rings (SSSR count). The number of hydrogen-bond acceptors (Lipinski definition) is 1. The van der Waals surface area contributed by atoms with Gasteiger partial charge in [0, 0.05) is 10.8 Å². The molecule has 1 heterocycles. The van der Waals surface area contributed by atoms with Crippen LogP contribution >= 0.6 is 0 Å². The lowest BCUT2D eigenvalue weighted by molar-refractivity contribution is 0.669. The summed E-state index contributed by atoms with van der Waals surface area (Å²) in [6.07, 6.45) is 0. The summed E-state index contributed by atoms with van der Waals surface area (Å²) in [6.45, 7) is 0. The Kier molecular flexibility index (Phi) is 5.76. The minimum atomic E-state index is -0.525. The summed E-state index contributed by atoms with van der Waals surface area (Å²) in [7, 11) is 0. The van der Waals surface area contributed by atoms with E-state index in [-0.39, 0.29) is 0 Å². The molecule has 0 saturated carbocycles. The molecule has 0 fully saturated rings. The predicted octanol–water partition coefficient (Wildman–Crippen LogP) is 15.3. The van der Waals surface area contributed by atoms with Crippen molar-refractivity contribution in [2.24, 2.45) is 0 Å². The summed E-state index contributed by atoms with van der Waals surface area (Å²) >= 11 is 0. The number of fused-ring (bicyclic) bond motifs is 15. The van der Waals surface area contributed by atoms with E-state index in [9.17, 15) is 0 Å². The van der Waals surface area contributed by atoms with Crippen LogP contribution in [0.5, 0.6) is 0 Å². The average molecular weight is 733 g/mol. The van der Waals surface area contributed by atoms with E-state index in [1.165, 1.54) is 104 Å². The summed E-state index contributed by atoms with van der Waals surface area (Å²) in [6, 6.07) is 72.9. The van der Waals surface area contributed by atoms with Crippen molar-refractivity contribution in [2.45, 2.75) is 5.41 Å². The maximum Gasteiger partial charge on any atom is 0.136 e. The molecule has 266 valence electrons. The molecular weight excluding hydrogens is 701 g/mol. The lowest BCUT2D eigenvalue weighted by Crippen LogP contribution is -2.26. The molecule has 0 unspecified atom stereocenters. The third-order valence-electron chi connectivity index (χ3n) is 13.6. The Bertz CT molecular complexity index is 3640. The van der Waals surface area contributed by atoms with Gasteiger partial charge in [0.1, 0.15) is 11.2 Å². The second-order valence-electron chi connectivity index (χ2n) is 16.3. The number of benzene rings is 11. The molecule has 0 N–H and O–H groups in total. The highest BCUT2D eigenvalue weighted by Gasteiger charge is 2.53. The van der Waals surface area contributed by atoms with Gasteiger partial charge < -0.3 is 4.42 Å². The molecule has 12 aromatic rings. The van der Waals surface area contributed by atoms with Crippen molar-refractivity contribution < 1.29 is 4.42 Å². The Morgan fingerprint density at radius 2 is 0.897 bits per heavy atom. The third-order valence-corrected chi connectivity index (χ3v) is 13.6. The van der Waals surface area contributed by atoms with Crippen LogP contribution in [0.1, 0.15) is 22.3 Å². The number of para-hydroxylation sites is 1. The Balaban J connectivity index is 1.15. The van der Waals surface area contributed by atoms with E-state index >= 15 is 0 Å². The van der Waals surface area contributed by atoms with E-state index in [1.54, 1.807) is 0 Å². The lowest BCUT2D eigenvalue weighted by Gasteiger charge is -2.32. The zero-order valence-electron chi connectivity index (χ0n) is 31.4. The van der Waals surface area contributed by atoms with Gasteiger partial charge in [-0.25, -0.2) is 0 Å². The van der Waals surface area contributed by atoms with Crippen molar-refractivity contribution >= 4 is 65.0 Å². The number of furan rings is 1. The molecule has 1 heteroatoms. The van der Waals surface area contributed by atoms with Crippen molar-refractivity contribution in [3.63, 3.8) is 0 Å². The molecule has 0 radical (unpaired) electrons. The summed E-state index contributed by atoms with van der Waals surface area (Å²) in [5.74, 6) is 0. The standard InChI is InChI=1S/C57H32O/c1-2-13-41-33(10-1)24-27-46-55-47(36-25-26-45-44-16-5-8-19-51(44)58-52(45)32-36)30-40(39-28-37-22-20-34-11-9-12-35-21-23-38(29-39)54(37)53(34)35)31-50(55)57(56(41)46)48-17-6-3-14-42(48)43-15-4-7-18-49(43)57/h1-32H. The highest BCUT2D eigenvalue weighted by atomic mass is 16.3. The van der Waals surface area contributed by atoms with Crippen molar-refractivity contribution in [2.75, 3.05) is 0 Å². The van der Waals surface area contributed by atoms with Gasteiger partial charge in [0.05, 0.1) is 5.41 Å². The van der Waals surface area contributed by atoms with Crippen molar-refractivity contribution in [1.82, 2.24) is 0 Å². The highest BCUT2D eigenvalue weighted by Crippen LogP contribution is 2.66. The van der Waals surface area contributed by atoms with E-state index in [0.717, 1.165) is 27.5 Å². The quantitative estimate of drug-likeness (QED) is 0.161. The van der Waals surface area contributed by atoms with Crippen molar-refractivity contribution in [3.8, 4) is 44.5 Å². The molecule has 2 aliphatic rings. The van der Waals surface area contributed by atoms with Crippen LogP contribution in [0.4, 0.5) is 0 Å². The van der Waals surface area contributed by atoms with Gasteiger partial charge in [0.15, 0.2) is 0 Å². The maximum absolute atomic E-state index is 6.57. The number of rotatable bonds is 2. The molecule has 0 saturated heterocycles. The monoisotopic (exact) mass is 732 g/mol. The summed E-state index contributed by atoms with van der Waals surface area (Å²) in [4.78, 5) is 0. The smallest absolute Gasteiger partial charge is 0.136 e. The third kappa shape index (κ3) is 3.77. The molecule has 0 amide bonds. The van der Waals surface area contributed by atoms with Gasteiger partial charge >= 0.3 is 0 Å². The van der Waals surface area contributed by atoms with Crippen molar-refractivity contribution in [3.05, 3.63) is 216 Å². The van der Waals surface area contributed by atoms with Crippen LogP contribution in [0.25, 0.3) is 110 Å². The first kappa shape index (κ1) is 30.7. The first-order valence-corrected chi connectivity index (χ1v) is 20.2. The topological polar surface area (TPSA) is 13.1 Å². The Morgan fingerprint density at radius 3 is 1.67 bits per heavy atom. The van der Waals surface area contributed by atoms with E-state index in [0.29, 0.717) is 0 Å². The first-order valence-electron chi connectivity index (χ1n) is 20.2. The molecule has 11 aromatic carbocycles. The molecule has 0 aliphatic heterocycles. The molecule has 2 aliphatic carbocycles. The molecule has 0 bridgehead atoms. The molecule has 0 atom stereocenters. The largest absolute Gasteiger partial charge is 0.456 e. The molecule has 1 nitrogen and oxygen atoms in total. The Labute approximate surface area is 334 Å².